The maximum Gasteiger partial charge on any atom is 0.311 e. The number of nitro groups is 1. The van der Waals surface area contributed by atoms with Crippen LogP contribution >= 0.6 is 11.3 Å². The summed E-state index contributed by atoms with van der Waals surface area (Å²) in [5.41, 5.74) is 1.24. The topological polar surface area (TPSA) is 105 Å². The van der Waals surface area contributed by atoms with Gasteiger partial charge < -0.3 is 9.47 Å². The maximum atomic E-state index is 11.3. The molecule has 0 unspecified atom stereocenters. The van der Waals surface area contributed by atoms with Crippen LogP contribution in [0.1, 0.15) is 0 Å². The molecule has 0 aliphatic rings. The maximum absolute atomic E-state index is 11.3. The molecule has 0 aliphatic carbocycles. The first-order chi connectivity index (χ1) is 13.1. The van der Waals surface area contributed by atoms with Crippen LogP contribution < -0.4 is 9.47 Å². The van der Waals surface area contributed by atoms with Crippen molar-refractivity contribution in [3.8, 4) is 33.5 Å². The van der Waals surface area contributed by atoms with Crippen molar-refractivity contribution in [3.63, 3.8) is 0 Å². The molecule has 0 atom stereocenters. The Morgan fingerprint density at radius 3 is 2.59 bits per heavy atom. The zero-order valence-electron chi connectivity index (χ0n) is 14.3. The second-order valence-electron chi connectivity index (χ2n) is 5.47. The lowest BCUT2D eigenvalue weighted by Crippen LogP contribution is -1.95. The molecular formula is C17H13N5O4S. The molecule has 0 spiro atoms. The van der Waals surface area contributed by atoms with E-state index in [1.807, 2.05) is 24.3 Å². The lowest BCUT2D eigenvalue weighted by atomic mass is 10.2. The first kappa shape index (κ1) is 16.9. The summed E-state index contributed by atoms with van der Waals surface area (Å²) in [4.78, 5) is 11.4. The van der Waals surface area contributed by atoms with Crippen molar-refractivity contribution in [2.24, 2.45) is 0 Å². The number of methoxy groups -OCH3 is 2. The molecule has 0 aliphatic heterocycles. The average Bonchev–Trinajstić information content (AvgIpc) is 3.28. The minimum Gasteiger partial charge on any atom is -0.496 e. The predicted molar refractivity (Wildman–Crippen MR) is 99.3 cm³/mol. The highest BCUT2D eigenvalue weighted by Crippen LogP contribution is 2.35. The van der Waals surface area contributed by atoms with Gasteiger partial charge in [0.05, 0.1) is 24.7 Å². The van der Waals surface area contributed by atoms with Crippen molar-refractivity contribution >= 4 is 22.0 Å². The third-order valence-corrected chi connectivity index (χ3v) is 4.91. The van der Waals surface area contributed by atoms with E-state index in [0.717, 1.165) is 5.56 Å². The van der Waals surface area contributed by atoms with Gasteiger partial charge in [-0.2, -0.15) is 9.61 Å². The third kappa shape index (κ3) is 2.85. The van der Waals surface area contributed by atoms with Gasteiger partial charge >= 0.3 is 5.69 Å². The van der Waals surface area contributed by atoms with Gasteiger partial charge in [0.25, 0.3) is 0 Å². The Kier molecular flexibility index (Phi) is 4.16. The number of hydrogen-bond acceptors (Lipinski definition) is 8. The zero-order chi connectivity index (χ0) is 19.0. The lowest BCUT2D eigenvalue weighted by molar-refractivity contribution is -0.385. The zero-order valence-corrected chi connectivity index (χ0v) is 15.1. The molecule has 136 valence electrons. The number of para-hydroxylation sites is 1. The first-order valence-electron chi connectivity index (χ1n) is 7.81. The predicted octanol–water partition coefficient (Wildman–Crippen LogP) is 3.45. The number of nitro benzene ring substituents is 1. The standard InChI is InChI=1S/C17H13N5O4S/c1-25-13-6-4-3-5-11(13)15-18-19-17-21(15)20-16(27-17)10-7-8-14(26-2)12(9-10)22(23)24/h3-9H,1-2H3. The van der Waals surface area contributed by atoms with Crippen molar-refractivity contribution in [1.29, 1.82) is 0 Å². The van der Waals surface area contributed by atoms with Crippen LogP contribution in [0.15, 0.2) is 42.5 Å². The van der Waals surface area contributed by atoms with Crippen molar-refractivity contribution in [2.75, 3.05) is 14.2 Å². The molecule has 0 bridgehead atoms. The molecule has 0 fully saturated rings. The molecule has 4 aromatic rings. The minimum absolute atomic E-state index is 0.120. The fourth-order valence-corrected chi connectivity index (χ4v) is 3.53. The van der Waals surface area contributed by atoms with Crippen molar-refractivity contribution in [3.05, 3.63) is 52.6 Å². The number of ether oxygens (including phenoxy) is 2. The summed E-state index contributed by atoms with van der Waals surface area (Å²) in [6.45, 7) is 0. The molecule has 4 rings (SSSR count). The van der Waals surface area contributed by atoms with Gasteiger partial charge in [-0.05, 0) is 24.3 Å². The largest absolute Gasteiger partial charge is 0.496 e. The summed E-state index contributed by atoms with van der Waals surface area (Å²) < 4.78 is 12.0. The van der Waals surface area contributed by atoms with Gasteiger partial charge in [0.15, 0.2) is 11.6 Å². The Labute approximate surface area is 157 Å². The molecule has 10 heteroatoms. The Morgan fingerprint density at radius 2 is 1.85 bits per heavy atom. The highest BCUT2D eigenvalue weighted by atomic mass is 32.1. The van der Waals surface area contributed by atoms with Crippen LogP contribution in [0.5, 0.6) is 11.5 Å². The second-order valence-corrected chi connectivity index (χ2v) is 6.43. The van der Waals surface area contributed by atoms with Crippen molar-refractivity contribution in [2.45, 2.75) is 0 Å². The summed E-state index contributed by atoms with van der Waals surface area (Å²) in [7, 11) is 2.98. The van der Waals surface area contributed by atoms with Crippen molar-refractivity contribution in [1.82, 2.24) is 19.8 Å². The van der Waals surface area contributed by atoms with Gasteiger partial charge in [0, 0.05) is 11.6 Å². The molecule has 0 saturated carbocycles. The van der Waals surface area contributed by atoms with Crippen LogP contribution in [0.3, 0.4) is 0 Å². The molecule has 0 amide bonds. The van der Waals surface area contributed by atoms with E-state index >= 15 is 0 Å². The summed E-state index contributed by atoms with van der Waals surface area (Å²) in [6, 6.07) is 12.1. The van der Waals surface area contributed by atoms with E-state index in [0.29, 0.717) is 27.1 Å². The summed E-state index contributed by atoms with van der Waals surface area (Å²) in [5.74, 6) is 1.39. The molecular weight excluding hydrogens is 370 g/mol. The molecule has 2 aromatic heterocycles. The van der Waals surface area contributed by atoms with Gasteiger partial charge in [-0.15, -0.1) is 10.2 Å². The van der Waals surface area contributed by atoms with E-state index in [4.69, 9.17) is 9.47 Å². The fraction of sp³-hybridized carbons (Fsp3) is 0.118. The van der Waals surface area contributed by atoms with Gasteiger partial charge in [0.1, 0.15) is 10.8 Å². The minimum atomic E-state index is -0.483. The van der Waals surface area contributed by atoms with Gasteiger partial charge in [-0.1, -0.05) is 23.5 Å². The molecule has 0 saturated heterocycles. The summed E-state index contributed by atoms with van der Waals surface area (Å²) >= 11 is 1.29. The molecule has 0 radical (unpaired) electrons. The van der Waals surface area contributed by atoms with Gasteiger partial charge in [0.2, 0.25) is 4.96 Å². The number of nitrogens with zero attached hydrogens (tertiary/aromatic N) is 5. The number of fused-ring (bicyclic) bond motifs is 1. The van der Waals surface area contributed by atoms with E-state index in [2.05, 4.69) is 15.3 Å². The SMILES string of the molecule is COc1ccccc1-c1nnc2sc(-c3ccc(OC)c([N+](=O)[O-])c3)nn12. The monoisotopic (exact) mass is 383 g/mol. The second kappa shape index (κ2) is 6.65. The molecule has 27 heavy (non-hydrogen) atoms. The number of aromatic nitrogens is 4. The van der Waals surface area contributed by atoms with Crippen LogP contribution in [-0.2, 0) is 0 Å². The highest BCUT2D eigenvalue weighted by Gasteiger charge is 2.20. The molecule has 0 N–H and O–H groups in total. The van der Waals surface area contributed by atoms with Crippen LogP contribution in [-0.4, -0.2) is 39.0 Å². The fourth-order valence-electron chi connectivity index (χ4n) is 2.70. The Morgan fingerprint density at radius 1 is 1.07 bits per heavy atom. The number of rotatable bonds is 5. The Bertz CT molecular complexity index is 1150. The van der Waals surface area contributed by atoms with Crippen molar-refractivity contribution < 1.29 is 14.4 Å². The lowest BCUT2D eigenvalue weighted by Gasteiger charge is -2.05. The van der Waals surface area contributed by atoms with E-state index < -0.39 is 4.92 Å². The normalized spacial score (nSPS) is 10.9. The van der Waals surface area contributed by atoms with Crippen LogP contribution in [0.25, 0.3) is 26.9 Å². The smallest absolute Gasteiger partial charge is 0.311 e. The first-order valence-corrected chi connectivity index (χ1v) is 8.62. The van der Waals surface area contributed by atoms with Gasteiger partial charge in [-0.3, -0.25) is 10.1 Å². The van der Waals surface area contributed by atoms with E-state index in [9.17, 15) is 10.1 Å². The Balaban J connectivity index is 1.83. The molecule has 2 heterocycles. The Hall–Kier alpha value is -3.53. The van der Waals surface area contributed by atoms with Crippen LogP contribution in [0.2, 0.25) is 0 Å². The van der Waals surface area contributed by atoms with E-state index in [1.165, 1.54) is 24.5 Å². The number of hydrogen-bond donors (Lipinski definition) is 0. The van der Waals surface area contributed by atoms with Gasteiger partial charge in [-0.25, -0.2) is 0 Å². The van der Waals surface area contributed by atoms with Crippen LogP contribution in [0, 0.1) is 10.1 Å². The number of benzene rings is 2. The van der Waals surface area contributed by atoms with E-state index in [-0.39, 0.29) is 11.4 Å². The van der Waals surface area contributed by atoms with Crippen LogP contribution in [0.4, 0.5) is 5.69 Å². The molecule has 9 nitrogen and oxygen atoms in total. The average molecular weight is 383 g/mol. The highest BCUT2D eigenvalue weighted by molar-refractivity contribution is 7.19. The quantitative estimate of drug-likeness (QED) is 0.384. The summed E-state index contributed by atoms with van der Waals surface area (Å²) in [6.07, 6.45) is 0. The third-order valence-electron chi connectivity index (χ3n) is 3.96. The van der Waals surface area contributed by atoms with E-state index in [1.54, 1.807) is 23.8 Å². The summed E-state index contributed by atoms with van der Waals surface area (Å²) in [5, 5.41) is 24.7. The molecule has 2 aromatic carbocycles.